The van der Waals surface area contributed by atoms with Crippen LogP contribution in [0.25, 0.3) is 0 Å². The fourth-order valence-corrected chi connectivity index (χ4v) is 3.37. The number of rotatable bonds is 18. The Hall–Kier alpha value is 0.610. The molecule has 0 radical (unpaired) electrons. The molecule has 0 aromatic carbocycles. The Morgan fingerprint density at radius 3 is 1.52 bits per heavy atom. The van der Waals surface area contributed by atoms with Gasteiger partial charge in [0.2, 0.25) is 10.4 Å². The maximum Gasteiger partial charge on any atom is 1.00 e. The van der Waals surface area contributed by atoms with Crippen LogP contribution < -0.4 is 29.6 Å². The van der Waals surface area contributed by atoms with Crippen LogP contribution in [0.2, 0.25) is 0 Å². The molecule has 0 heterocycles. The van der Waals surface area contributed by atoms with E-state index in [1.165, 1.54) is 76.7 Å². The van der Waals surface area contributed by atoms with Crippen LogP contribution in [0.4, 0.5) is 0 Å². The molecular weight excluding hydrogens is 347 g/mol. The van der Waals surface area contributed by atoms with Crippen molar-refractivity contribution in [3.05, 3.63) is 12.7 Å². The predicted molar refractivity (Wildman–Crippen MR) is 99.7 cm³/mol. The van der Waals surface area contributed by atoms with Gasteiger partial charge in [-0.25, -0.2) is 8.42 Å². The normalized spacial score (nSPS) is 12.6. The maximum atomic E-state index is 10.5. The molecule has 0 rings (SSSR count). The molecule has 1 unspecified atom stereocenters. The van der Waals surface area contributed by atoms with Crippen molar-refractivity contribution in [1.29, 1.82) is 0 Å². The first-order valence-electron chi connectivity index (χ1n) is 9.76. The van der Waals surface area contributed by atoms with Gasteiger partial charge in [-0.2, -0.15) is 0 Å². The Morgan fingerprint density at radius 2 is 1.20 bits per heavy atom. The van der Waals surface area contributed by atoms with Crippen LogP contribution in [0.1, 0.15) is 103 Å². The van der Waals surface area contributed by atoms with Crippen molar-refractivity contribution in [1.82, 2.24) is 0 Å². The van der Waals surface area contributed by atoms with Crippen molar-refractivity contribution in [3.63, 3.8) is 0 Å². The third kappa shape index (κ3) is 22.6. The second-order valence-electron chi connectivity index (χ2n) is 6.66. The summed E-state index contributed by atoms with van der Waals surface area (Å²) in [5, 5.41) is 0. The summed E-state index contributed by atoms with van der Waals surface area (Å²) < 4.78 is 36.0. The molecule has 0 bridgehead atoms. The minimum atomic E-state index is -4.63. The van der Waals surface area contributed by atoms with Crippen LogP contribution in [-0.4, -0.2) is 19.1 Å². The van der Waals surface area contributed by atoms with Crippen LogP contribution >= 0.6 is 0 Å². The fraction of sp³-hybridized carbons (Fsp3) is 0.895. The van der Waals surface area contributed by atoms with Gasteiger partial charge < -0.3 is 4.55 Å². The first kappa shape index (κ1) is 27.8. The average Bonchev–Trinajstić information content (AvgIpc) is 2.53. The van der Waals surface area contributed by atoms with Gasteiger partial charge in [-0.15, -0.1) is 6.58 Å². The van der Waals surface area contributed by atoms with E-state index in [0.29, 0.717) is 6.42 Å². The smallest absolute Gasteiger partial charge is 0.726 e. The topological polar surface area (TPSA) is 66.4 Å². The van der Waals surface area contributed by atoms with E-state index in [1.54, 1.807) is 0 Å². The molecule has 6 heteroatoms. The molecule has 0 amide bonds. The van der Waals surface area contributed by atoms with E-state index in [9.17, 15) is 13.0 Å². The van der Waals surface area contributed by atoms with Crippen molar-refractivity contribution >= 4 is 10.4 Å². The van der Waals surface area contributed by atoms with Gasteiger partial charge >= 0.3 is 29.6 Å². The molecule has 4 nitrogen and oxygen atoms in total. The van der Waals surface area contributed by atoms with Crippen LogP contribution in [0.5, 0.6) is 0 Å². The van der Waals surface area contributed by atoms with Gasteiger partial charge in [-0.3, -0.25) is 4.18 Å². The van der Waals surface area contributed by atoms with Gasteiger partial charge in [0.05, 0.1) is 6.10 Å². The number of hydrogen-bond acceptors (Lipinski definition) is 4. The van der Waals surface area contributed by atoms with E-state index in [2.05, 4.69) is 17.7 Å². The van der Waals surface area contributed by atoms with Gasteiger partial charge in [-0.05, 0) is 6.42 Å². The molecule has 0 spiro atoms. The molecule has 0 aliphatic carbocycles. The van der Waals surface area contributed by atoms with Gasteiger partial charge in [-0.1, -0.05) is 103 Å². The third-order valence-electron chi connectivity index (χ3n) is 4.35. The Kier molecular flexibility index (Phi) is 21.6. The summed E-state index contributed by atoms with van der Waals surface area (Å²) in [4.78, 5) is 0. The summed E-state index contributed by atoms with van der Waals surface area (Å²) in [6, 6.07) is 0. The first-order valence-corrected chi connectivity index (χ1v) is 11.1. The Labute approximate surface area is 178 Å². The van der Waals surface area contributed by atoms with E-state index >= 15 is 0 Å². The van der Waals surface area contributed by atoms with E-state index in [1.807, 2.05) is 0 Å². The van der Waals surface area contributed by atoms with Gasteiger partial charge in [0.15, 0.2) is 0 Å². The van der Waals surface area contributed by atoms with E-state index in [4.69, 9.17) is 0 Å². The monoisotopic (exact) mass is 384 g/mol. The summed E-state index contributed by atoms with van der Waals surface area (Å²) in [5.41, 5.74) is 0. The summed E-state index contributed by atoms with van der Waals surface area (Å²) in [6.07, 6.45) is 19.2. The SMILES string of the molecule is C=CC(CCCCCCCCCCCCCCCC)OS(=O)(=O)[O-].[Na+]. The van der Waals surface area contributed by atoms with Crippen LogP contribution in [0.15, 0.2) is 12.7 Å². The van der Waals surface area contributed by atoms with Crippen molar-refractivity contribution in [2.45, 2.75) is 109 Å². The Morgan fingerprint density at radius 1 is 0.840 bits per heavy atom. The van der Waals surface area contributed by atoms with Gasteiger partial charge in [0.25, 0.3) is 0 Å². The van der Waals surface area contributed by atoms with E-state index in [0.717, 1.165) is 19.3 Å². The molecule has 0 saturated carbocycles. The zero-order valence-electron chi connectivity index (χ0n) is 16.5. The third-order valence-corrected chi connectivity index (χ3v) is 4.83. The molecule has 0 saturated heterocycles. The zero-order chi connectivity index (χ0) is 18.1. The summed E-state index contributed by atoms with van der Waals surface area (Å²) >= 11 is 0. The number of hydrogen-bond donors (Lipinski definition) is 0. The maximum absolute atomic E-state index is 10.5. The van der Waals surface area contributed by atoms with Gasteiger partial charge in [0, 0.05) is 0 Å². The molecule has 144 valence electrons. The Bertz CT molecular complexity index is 385. The molecule has 0 fully saturated rings. The summed E-state index contributed by atoms with van der Waals surface area (Å²) in [7, 11) is -4.63. The molecule has 0 N–H and O–H groups in total. The molecule has 1 atom stereocenters. The van der Waals surface area contributed by atoms with Crippen molar-refractivity contribution < 1.29 is 46.7 Å². The molecule has 0 aromatic heterocycles. The summed E-state index contributed by atoms with van der Waals surface area (Å²) in [6.45, 7) is 5.75. The minimum Gasteiger partial charge on any atom is -0.726 e. The van der Waals surface area contributed by atoms with E-state index < -0.39 is 16.5 Å². The Balaban J connectivity index is 0. The first-order chi connectivity index (χ1) is 11.5. The predicted octanol–water partition coefficient (Wildman–Crippen LogP) is 2.89. The second-order valence-corrected chi connectivity index (χ2v) is 7.67. The van der Waals surface area contributed by atoms with Crippen LogP contribution in [-0.2, 0) is 14.6 Å². The van der Waals surface area contributed by atoms with Crippen molar-refractivity contribution in [2.24, 2.45) is 0 Å². The largest absolute Gasteiger partial charge is 1.00 e. The standard InChI is InChI=1S/C19H38O4S.Na/c1-3-5-6-7-8-9-10-11-12-13-14-15-16-17-18-19(4-2)23-24(20,21)22;/h4,19H,2-3,5-18H2,1H3,(H,20,21,22);/q;+1/p-1. The fourth-order valence-electron chi connectivity index (χ4n) is 2.90. The van der Waals surface area contributed by atoms with E-state index in [-0.39, 0.29) is 29.6 Å². The second kappa shape index (κ2) is 19.4. The zero-order valence-corrected chi connectivity index (χ0v) is 19.3. The van der Waals surface area contributed by atoms with Gasteiger partial charge in [0.1, 0.15) is 0 Å². The molecule has 0 aliphatic rings. The minimum absolute atomic E-state index is 0. The molecule has 0 aromatic rings. The quantitative estimate of drug-likeness (QED) is 0.120. The van der Waals surface area contributed by atoms with Crippen LogP contribution in [0, 0.1) is 0 Å². The average molecular weight is 385 g/mol. The van der Waals surface area contributed by atoms with Crippen molar-refractivity contribution in [3.8, 4) is 0 Å². The molecular formula is C19H37NaO4S. The molecule has 25 heavy (non-hydrogen) atoms. The summed E-state index contributed by atoms with van der Waals surface area (Å²) in [5.74, 6) is 0. The van der Waals surface area contributed by atoms with Crippen molar-refractivity contribution in [2.75, 3.05) is 0 Å². The van der Waals surface area contributed by atoms with Crippen LogP contribution in [0.3, 0.4) is 0 Å². The molecule has 0 aliphatic heterocycles. The number of unbranched alkanes of at least 4 members (excludes halogenated alkanes) is 13.